The summed E-state index contributed by atoms with van der Waals surface area (Å²) in [5, 5.41) is 3.60. The summed E-state index contributed by atoms with van der Waals surface area (Å²) in [5.74, 6) is 0. The zero-order chi connectivity index (χ0) is 12.3. The quantitative estimate of drug-likeness (QED) is 0.709. The average molecular weight is 239 g/mol. The molecule has 1 aliphatic heterocycles. The van der Waals surface area contributed by atoms with Crippen molar-refractivity contribution in [1.29, 1.82) is 0 Å². The second-order valence-corrected chi connectivity index (χ2v) is 6.04. The van der Waals surface area contributed by atoms with Gasteiger partial charge in [-0.2, -0.15) is 0 Å². The summed E-state index contributed by atoms with van der Waals surface area (Å²) in [4.78, 5) is 5.14. The first-order valence-corrected chi connectivity index (χ1v) is 7.34. The molecule has 100 valence electrons. The SMILES string of the molecule is CC1CN(C(C)CCCNC2CC2)CCN1C. The Morgan fingerprint density at radius 2 is 2.06 bits per heavy atom. The molecule has 1 saturated carbocycles. The molecule has 3 nitrogen and oxygen atoms in total. The van der Waals surface area contributed by atoms with Crippen LogP contribution in [-0.4, -0.2) is 61.2 Å². The van der Waals surface area contributed by atoms with Gasteiger partial charge in [-0.05, 0) is 53.1 Å². The second kappa shape index (κ2) is 6.17. The zero-order valence-corrected chi connectivity index (χ0v) is 11.8. The number of nitrogens with zero attached hydrogens (tertiary/aromatic N) is 2. The molecule has 0 bridgehead atoms. The van der Waals surface area contributed by atoms with Gasteiger partial charge in [-0.15, -0.1) is 0 Å². The zero-order valence-electron chi connectivity index (χ0n) is 11.8. The highest BCUT2D eigenvalue weighted by atomic mass is 15.3. The van der Waals surface area contributed by atoms with Gasteiger partial charge in [-0.25, -0.2) is 0 Å². The van der Waals surface area contributed by atoms with Crippen LogP contribution < -0.4 is 5.32 Å². The molecule has 1 saturated heterocycles. The van der Waals surface area contributed by atoms with Crippen molar-refractivity contribution in [2.75, 3.05) is 33.2 Å². The number of hydrogen-bond acceptors (Lipinski definition) is 3. The maximum atomic E-state index is 3.60. The average Bonchev–Trinajstić information content (AvgIpc) is 3.12. The minimum absolute atomic E-state index is 0.718. The van der Waals surface area contributed by atoms with Crippen molar-refractivity contribution in [3.8, 4) is 0 Å². The van der Waals surface area contributed by atoms with E-state index in [1.54, 1.807) is 0 Å². The summed E-state index contributed by atoms with van der Waals surface area (Å²) >= 11 is 0. The number of likely N-dealkylation sites (N-methyl/N-ethyl adjacent to an activating group) is 1. The third-order valence-corrected chi connectivity index (χ3v) is 4.42. The van der Waals surface area contributed by atoms with Crippen molar-refractivity contribution < 1.29 is 0 Å². The molecule has 1 heterocycles. The Labute approximate surface area is 107 Å². The molecule has 2 aliphatic rings. The van der Waals surface area contributed by atoms with Crippen LogP contribution in [0.3, 0.4) is 0 Å². The van der Waals surface area contributed by atoms with Crippen LogP contribution in [0.2, 0.25) is 0 Å². The van der Waals surface area contributed by atoms with Crippen LogP contribution in [0.15, 0.2) is 0 Å². The summed E-state index contributed by atoms with van der Waals surface area (Å²) in [6.45, 7) is 9.68. The van der Waals surface area contributed by atoms with Gasteiger partial charge in [0.15, 0.2) is 0 Å². The fraction of sp³-hybridized carbons (Fsp3) is 1.00. The molecule has 0 aromatic heterocycles. The minimum Gasteiger partial charge on any atom is -0.314 e. The highest BCUT2D eigenvalue weighted by Crippen LogP contribution is 2.19. The minimum atomic E-state index is 0.718. The lowest BCUT2D eigenvalue weighted by molar-refractivity contribution is 0.0740. The van der Waals surface area contributed by atoms with E-state index in [-0.39, 0.29) is 0 Å². The van der Waals surface area contributed by atoms with Gasteiger partial charge >= 0.3 is 0 Å². The van der Waals surface area contributed by atoms with E-state index in [1.165, 1.54) is 51.9 Å². The molecule has 1 N–H and O–H groups in total. The Bertz CT molecular complexity index is 228. The molecule has 2 fully saturated rings. The van der Waals surface area contributed by atoms with Crippen LogP contribution in [0.25, 0.3) is 0 Å². The molecular weight excluding hydrogens is 210 g/mol. The summed E-state index contributed by atoms with van der Waals surface area (Å²) < 4.78 is 0. The molecule has 0 radical (unpaired) electrons. The lowest BCUT2D eigenvalue weighted by atomic mass is 10.1. The first-order valence-electron chi connectivity index (χ1n) is 7.34. The summed E-state index contributed by atoms with van der Waals surface area (Å²) in [5.41, 5.74) is 0. The van der Waals surface area contributed by atoms with Gasteiger partial charge in [-0.3, -0.25) is 4.90 Å². The van der Waals surface area contributed by atoms with E-state index in [0.717, 1.165) is 18.1 Å². The van der Waals surface area contributed by atoms with Crippen LogP contribution in [0.4, 0.5) is 0 Å². The molecular formula is C14H29N3. The van der Waals surface area contributed by atoms with E-state index >= 15 is 0 Å². The third kappa shape index (κ3) is 4.23. The van der Waals surface area contributed by atoms with Crippen molar-refractivity contribution in [3.05, 3.63) is 0 Å². The Kier molecular flexibility index (Phi) is 4.83. The number of piperazine rings is 1. The van der Waals surface area contributed by atoms with E-state index in [4.69, 9.17) is 0 Å². The Morgan fingerprint density at radius 1 is 1.29 bits per heavy atom. The molecule has 0 amide bonds. The second-order valence-electron chi connectivity index (χ2n) is 6.04. The molecule has 17 heavy (non-hydrogen) atoms. The van der Waals surface area contributed by atoms with E-state index in [2.05, 4.69) is 36.0 Å². The van der Waals surface area contributed by atoms with Gasteiger partial charge in [0.05, 0.1) is 0 Å². The number of hydrogen-bond donors (Lipinski definition) is 1. The summed E-state index contributed by atoms with van der Waals surface area (Å²) in [6, 6.07) is 2.34. The first kappa shape index (κ1) is 13.3. The molecule has 0 aromatic rings. The molecule has 0 spiro atoms. The summed E-state index contributed by atoms with van der Waals surface area (Å²) in [6.07, 6.45) is 5.49. The predicted molar refractivity (Wildman–Crippen MR) is 73.4 cm³/mol. The van der Waals surface area contributed by atoms with Crippen LogP contribution >= 0.6 is 0 Å². The molecule has 1 aliphatic carbocycles. The lowest BCUT2D eigenvalue weighted by Gasteiger charge is -2.40. The van der Waals surface area contributed by atoms with Crippen molar-refractivity contribution >= 4 is 0 Å². The molecule has 2 unspecified atom stereocenters. The lowest BCUT2D eigenvalue weighted by Crippen LogP contribution is -2.52. The molecule has 2 rings (SSSR count). The fourth-order valence-corrected chi connectivity index (χ4v) is 2.65. The normalized spacial score (nSPS) is 29.5. The van der Waals surface area contributed by atoms with Crippen LogP contribution in [-0.2, 0) is 0 Å². The summed E-state index contributed by atoms with van der Waals surface area (Å²) in [7, 11) is 2.24. The highest BCUT2D eigenvalue weighted by molar-refractivity contribution is 4.82. The highest BCUT2D eigenvalue weighted by Gasteiger charge is 2.24. The Morgan fingerprint density at radius 3 is 2.71 bits per heavy atom. The Balaban J connectivity index is 1.59. The van der Waals surface area contributed by atoms with E-state index in [9.17, 15) is 0 Å². The van der Waals surface area contributed by atoms with Gasteiger partial charge in [-0.1, -0.05) is 0 Å². The van der Waals surface area contributed by atoms with Gasteiger partial charge in [0.25, 0.3) is 0 Å². The van der Waals surface area contributed by atoms with Gasteiger partial charge in [0.2, 0.25) is 0 Å². The maximum Gasteiger partial charge on any atom is 0.0192 e. The Hall–Kier alpha value is -0.120. The largest absolute Gasteiger partial charge is 0.314 e. The monoisotopic (exact) mass is 239 g/mol. The van der Waals surface area contributed by atoms with Gasteiger partial charge in [0, 0.05) is 37.8 Å². The fourth-order valence-electron chi connectivity index (χ4n) is 2.65. The maximum absolute atomic E-state index is 3.60. The van der Waals surface area contributed by atoms with Gasteiger partial charge < -0.3 is 10.2 Å². The van der Waals surface area contributed by atoms with Crippen LogP contribution in [0, 0.1) is 0 Å². The topological polar surface area (TPSA) is 18.5 Å². The van der Waals surface area contributed by atoms with E-state index in [1.807, 2.05) is 0 Å². The first-order chi connectivity index (χ1) is 8.16. The van der Waals surface area contributed by atoms with Crippen molar-refractivity contribution in [1.82, 2.24) is 15.1 Å². The standard InChI is InChI=1S/C14H29N3/c1-12(5-4-8-15-14-6-7-14)17-10-9-16(3)13(2)11-17/h12-15H,4-11H2,1-3H3. The van der Waals surface area contributed by atoms with Crippen molar-refractivity contribution in [2.45, 2.75) is 57.7 Å². The van der Waals surface area contributed by atoms with Gasteiger partial charge in [0.1, 0.15) is 0 Å². The van der Waals surface area contributed by atoms with E-state index < -0.39 is 0 Å². The predicted octanol–water partition coefficient (Wildman–Crippen LogP) is 1.54. The molecule has 3 heteroatoms. The van der Waals surface area contributed by atoms with Crippen LogP contribution in [0.5, 0.6) is 0 Å². The van der Waals surface area contributed by atoms with Crippen molar-refractivity contribution in [2.24, 2.45) is 0 Å². The number of nitrogens with one attached hydrogen (secondary N) is 1. The third-order valence-electron chi connectivity index (χ3n) is 4.42. The number of rotatable bonds is 6. The molecule has 2 atom stereocenters. The smallest absolute Gasteiger partial charge is 0.0192 e. The molecule has 0 aromatic carbocycles. The van der Waals surface area contributed by atoms with Crippen molar-refractivity contribution in [3.63, 3.8) is 0 Å². The van der Waals surface area contributed by atoms with E-state index in [0.29, 0.717) is 0 Å². The van der Waals surface area contributed by atoms with Crippen LogP contribution in [0.1, 0.15) is 39.5 Å².